The molecule has 90 valence electrons. The lowest BCUT2D eigenvalue weighted by molar-refractivity contribution is 0.579. The van der Waals surface area contributed by atoms with Crippen molar-refractivity contribution < 1.29 is 8.42 Å². The van der Waals surface area contributed by atoms with Gasteiger partial charge in [0.15, 0.2) is 0 Å². The molecule has 3 N–H and O–H groups in total. The Labute approximate surface area is 104 Å². The Bertz CT molecular complexity index is 460. The maximum atomic E-state index is 11.9. The second kappa shape index (κ2) is 5.77. The van der Waals surface area contributed by atoms with Crippen LogP contribution in [-0.2, 0) is 10.0 Å². The maximum absolute atomic E-state index is 11.9. The third-order valence-corrected chi connectivity index (χ3v) is 4.21. The Morgan fingerprint density at radius 3 is 2.69 bits per heavy atom. The molecular weight excluding hydrogens is 292 g/mol. The summed E-state index contributed by atoms with van der Waals surface area (Å²) >= 11 is 3.30. The van der Waals surface area contributed by atoms with E-state index in [2.05, 4.69) is 20.7 Å². The molecule has 0 aliphatic rings. The molecule has 16 heavy (non-hydrogen) atoms. The fraction of sp³-hybridized carbons (Fsp3) is 0.400. The molecule has 0 atom stereocenters. The molecule has 0 aromatic heterocycles. The largest absolute Gasteiger partial charge is 0.330 e. The molecule has 4 nitrogen and oxygen atoms in total. The van der Waals surface area contributed by atoms with Crippen LogP contribution in [0.5, 0.6) is 0 Å². The first-order chi connectivity index (χ1) is 7.47. The van der Waals surface area contributed by atoms with Gasteiger partial charge < -0.3 is 5.73 Å². The topological polar surface area (TPSA) is 72.2 Å². The molecule has 0 heterocycles. The van der Waals surface area contributed by atoms with E-state index in [1.807, 2.05) is 0 Å². The summed E-state index contributed by atoms with van der Waals surface area (Å²) in [6.45, 7) is 2.61. The number of hydrogen-bond donors (Lipinski definition) is 2. The lowest BCUT2D eigenvalue weighted by Gasteiger charge is -2.09. The average Bonchev–Trinajstić information content (AvgIpc) is 2.17. The van der Waals surface area contributed by atoms with E-state index in [-0.39, 0.29) is 0 Å². The van der Waals surface area contributed by atoms with E-state index in [1.165, 1.54) is 0 Å². The Morgan fingerprint density at radius 1 is 1.44 bits per heavy atom. The fourth-order valence-electron chi connectivity index (χ4n) is 1.30. The summed E-state index contributed by atoms with van der Waals surface area (Å²) in [7, 11) is -3.41. The third kappa shape index (κ3) is 3.55. The molecule has 0 bridgehead atoms. The van der Waals surface area contributed by atoms with Gasteiger partial charge >= 0.3 is 0 Å². The van der Waals surface area contributed by atoms with Crippen LogP contribution < -0.4 is 10.5 Å². The molecule has 0 fully saturated rings. The summed E-state index contributed by atoms with van der Waals surface area (Å²) in [4.78, 5) is 0.313. The minimum Gasteiger partial charge on any atom is -0.330 e. The minimum atomic E-state index is -3.41. The summed E-state index contributed by atoms with van der Waals surface area (Å²) in [6.07, 6.45) is 0.634. The number of halogens is 1. The summed E-state index contributed by atoms with van der Waals surface area (Å²) < 4.78 is 27.1. The monoisotopic (exact) mass is 306 g/mol. The number of nitrogens with one attached hydrogen (secondary N) is 1. The first kappa shape index (κ1) is 13.6. The molecule has 1 rings (SSSR count). The predicted molar refractivity (Wildman–Crippen MR) is 67.7 cm³/mol. The predicted octanol–water partition coefficient (Wildman–Crippen LogP) is 1.38. The normalized spacial score (nSPS) is 11.7. The van der Waals surface area contributed by atoms with Crippen molar-refractivity contribution >= 4 is 26.0 Å². The van der Waals surface area contributed by atoms with Crippen LogP contribution in [0.15, 0.2) is 27.6 Å². The van der Waals surface area contributed by atoms with Crippen molar-refractivity contribution in [2.75, 3.05) is 13.1 Å². The molecule has 0 saturated carbocycles. The fourth-order valence-corrected chi connectivity index (χ4v) is 3.07. The molecule has 0 unspecified atom stereocenters. The van der Waals surface area contributed by atoms with Gasteiger partial charge in [0.2, 0.25) is 10.0 Å². The van der Waals surface area contributed by atoms with Gasteiger partial charge in [0.25, 0.3) is 0 Å². The molecule has 0 radical (unpaired) electrons. The summed E-state index contributed by atoms with van der Waals surface area (Å²) in [5, 5.41) is 0. The number of sulfonamides is 1. The quantitative estimate of drug-likeness (QED) is 0.807. The lowest BCUT2D eigenvalue weighted by Crippen LogP contribution is -2.26. The Balaban J connectivity index is 2.90. The van der Waals surface area contributed by atoms with Crippen molar-refractivity contribution in [3.8, 4) is 0 Å². The highest BCUT2D eigenvalue weighted by Crippen LogP contribution is 2.19. The Hall–Kier alpha value is -0.430. The highest BCUT2D eigenvalue weighted by Gasteiger charge is 2.15. The molecule has 0 saturated heterocycles. The van der Waals surface area contributed by atoms with E-state index in [1.54, 1.807) is 25.1 Å². The van der Waals surface area contributed by atoms with Gasteiger partial charge in [-0.2, -0.15) is 0 Å². The zero-order valence-electron chi connectivity index (χ0n) is 9.03. The average molecular weight is 307 g/mol. The molecule has 0 aliphatic carbocycles. The first-order valence-corrected chi connectivity index (χ1v) is 7.21. The highest BCUT2D eigenvalue weighted by atomic mass is 79.9. The van der Waals surface area contributed by atoms with Crippen LogP contribution in [0.1, 0.15) is 12.0 Å². The van der Waals surface area contributed by atoms with E-state index in [0.717, 1.165) is 10.0 Å². The zero-order chi connectivity index (χ0) is 12.2. The van der Waals surface area contributed by atoms with Gasteiger partial charge in [0.1, 0.15) is 0 Å². The Kier molecular flexibility index (Phi) is 4.91. The SMILES string of the molecule is Cc1cc(Br)ccc1S(=O)(=O)NCCCN. The molecule has 0 spiro atoms. The van der Waals surface area contributed by atoms with Crippen LogP contribution in [0.4, 0.5) is 0 Å². The van der Waals surface area contributed by atoms with Crippen LogP contribution in [0.25, 0.3) is 0 Å². The van der Waals surface area contributed by atoms with Gasteiger partial charge in [-0.3, -0.25) is 0 Å². The molecule has 6 heteroatoms. The van der Waals surface area contributed by atoms with E-state index < -0.39 is 10.0 Å². The van der Waals surface area contributed by atoms with Gasteiger partial charge in [-0.25, -0.2) is 13.1 Å². The summed E-state index contributed by atoms with van der Waals surface area (Å²) in [5.41, 5.74) is 6.02. The van der Waals surface area contributed by atoms with E-state index >= 15 is 0 Å². The molecular formula is C10H15BrN2O2S. The molecule has 1 aromatic rings. The van der Waals surface area contributed by atoms with Crippen LogP contribution in [0.3, 0.4) is 0 Å². The first-order valence-electron chi connectivity index (χ1n) is 4.93. The second-order valence-electron chi connectivity index (χ2n) is 3.45. The van der Waals surface area contributed by atoms with Crippen molar-refractivity contribution in [3.63, 3.8) is 0 Å². The van der Waals surface area contributed by atoms with Crippen molar-refractivity contribution in [2.24, 2.45) is 5.73 Å². The van der Waals surface area contributed by atoms with E-state index in [0.29, 0.717) is 24.4 Å². The highest BCUT2D eigenvalue weighted by molar-refractivity contribution is 9.10. The van der Waals surface area contributed by atoms with Gasteiger partial charge in [-0.15, -0.1) is 0 Å². The van der Waals surface area contributed by atoms with Crippen molar-refractivity contribution in [1.29, 1.82) is 0 Å². The molecule has 0 amide bonds. The van der Waals surface area contributed by atoms with Gasteiger partial charge in [0.05, 0.1) is 4.90 Å². The maximum Gasteiger partial charge on any atom is 0.240 e. The van der Waals surface area contributed by atoms with Crippen LogP contribution in [0.2, 0.25) is 0 Å². The summed E-state index contributed by atoms with van der Waals surface area (Å²) in [6, 6.07) is 5.08. The lowest BCUT2D eigenvalue weighted by atomic mass is 10.2. The van der Waals surface area contributed by atoms with Crippen LogP contribution >= 0.6 is 15.9 Å². The Morgan fingerprint density at radius 2 is 2.12 bits per heavy atom. The third-order valence-electron chi connectivity index (χ3n) is 2.10. The molecule has 1 aromatic carbocycles. The van der Waals surface area contributed by atoms with Gasteiger partial charge in [-0.1, -0.05) is 15.9 Å². The van der Waals surface area contributed by atoms with Crippen molar-refractivity contribution in [1.82, 2.24) is 4.72 Å². The van der Waals surface area contributed by atoms with Gasteiger partial charge in [-0.05, 0) is 43.7 Å². The van der Waals surface area contributed by atoms with Crippen molar-refractivity contribution in [2.45, 2.75) is 18.2 Å². The van der Waals surface area contributed by atoms with E-state index in [9.17, 15) is 8.42 Å². The number of benzene rings is 1. The van der Waals surface area contributed by atoms with Crippen molar-refractivity contribution in [3.05, 3.63) is 28.2 Å². The minimum absolute atomic E-state index is 0.313. The number of aryl methyl sites for hydroxylation is 1. The number of nitrogens with two attached hydrogens (primary N) is 1. The summed E-state index contributed by atoms with van der Waals surface area (Å²) in [5.74, 6) is 0. The standard InChI is InChI=1S/C10H15BrN2O2S/c1-8-7-9(11)3-4-10(8)16(14,15)13-6-2-5-12/h3-4,7,13H,2,5-6,12H2,1H3. The zero-order valence-corrected chi connectivity index (χ0v) is 11.4. The smallest absolute Gasteiger partial charge is 0.240 e. The number of rotatable bonds is 5. The van der Waals surface area contributed by atoms with E-state index in [4.69, 9.17) is 5.73 Å². The van der Waals surface area contributed by atoms with Crippen LogP contribution in [0, 0.1) is 6.92 Å². The number of hydrogen-bond acceptors (Lipinski definition) is 3. The van der Waals surface area contributed by atoms with Crippen LogP contribution in [-0.4, -0.2) is 21.5 Å². The molecule has 0 aliphatic heterocycles. The second-order valence-corrected chi connectivity index (χ2v) is 6.10. The van der Waals surface area contributed by atoms with Gasteiger partial charge in [0, 0.05) is 11.0 Å².